The molecule has 1 aliphatic rings. The third-order valence-electron chi connectivity index (χ3n) is 3.88. The van der Waals surface area contributed by atoms with Crippen LogP contribution in [0.1, 0.15) is 64.7 Å². The topological polar surface area (TPSA) is 57.6 Å². The Bertz CT molecular complexity index is 291. The predicted octanol–water partition coefficient (Wildman–Crippen LogP) is 3.06. The molecule has 1 fully saturated rings. The van der Waals surface area contributed by atoms with Gasteiger partial charge in [-0.05, 0) is 31.6 Å². The second-order valence-corrected chi connectivity index (χ2v) is 5.59. The minimum atomic E-state index is -0.733. The van der Waals surface area contributed by atoms with Crippen LogP contribution < -0.4 is 0 Å². The van der Waals surface area contributed by atoms with Crippen LogP contribution in [-0.2, 0) is 9.59 Å². The number of aliphatic carboxylic acids is 1. The molecule has 0 aliphatic carbocycles. The minimum Gasteiger partial charge on any atom is -0.481 e. The molecule has 1 amide bonds. The number of hydrogen-bond donors (Lipinski definition) is 1. The monoisotopic (exact) mass is 269 g/mol. The zero-order valence-corrected chi connectivity index (χ0v) is 12.1. The zero-order valence-electron chi connectivity index (χ0n) is 12.1. The number of likely N-dealkylation sites (tertiary alicyclic amines) is 1. The number of carbonyl (C=O) groups is 2. The Balaban J connectivity index is 2.24. The molecule has 0 saturated carbocycles. The summed E-state index contributed by atoms with van der Waals surface area (Å²) in [6, 6.07) is 0. The first-order valence-corrected chi connectivity index (χ1v) is 7.63. The van der Waals surface area contributed by atoms with Crippen LogP contribution in [0.15, 0.2) is 0 Å². The van der Waals surface area contributed by atoms with Gasteiger partial charge in [-0.25, -0.2) is 0 Å². The molecule has 0 bridgehead atoms. The van der Waals surface area contributed by atoms with Gasteiger partial charge in [-0.3, -0.25) is 9.59 Å². The third-order valence-corrected chi connectivity index (χ3v) is 3.88. The molecule has 1 rings (SSSR count). The van der Waals surface area contributed by atoms with Crippen LogP contribution in [-0.4, -0.2) is 35.0 Å². The fourth-order valence-corrected chi connectivity index (χ4v) is 2.72. The molecule has 0 aromatic carbocycles. The van der Waals surface area contributed by atoms with Crippen molar-refractivity contribution in [2.45, 2.75) is 64.7 Å². The highest BCUT2D eigenvalue weighted by Crippen LogP contribution is 2.22. The quantitative estimate of drug-likeness (QED) is 0.689. The molecule has 4 heteroatoms. The van der Waals surface area contributed by atoms with Crippen LogP contribution in [0.3, 0.4) is 0 Å². The van der Waals surface area contributed by atoms with Gasteiger partial charge in [0.2, 0.25) is 5.91 Å². The SMILES string of the molecule is CCCCCCC(=O)N1CCCC(CCC(=O)O)C1. The van der Waals surface area contributed by atoms with Gasteiger partial charge in [0.15, 0.2) is 0 Å². The average molecular weight is 269 g/mol. The molecule has 0 aromatic rings. The Morgan fingerprint density at radius 3 is 2.68 bits per heavy atom. The fraction of sp³-hybridized carbons (Fsp3) is 0.867. The van der Waals surface area contributed by atoms with Gasteiger partial charge >= 0.3 is 5.97 Å². The molecule has 19 heavy (non-hydrogen) atoms. The van der Waals surface area contributed by atoms with Crippen LogP contribution in [0.4, 0.5) is 0 Å². The molecule has 0 radical (unpaired) electrons. The Morgan fingerprint density at radius 2 is 2.00 bits per heavy atom. The van der Waals surface area contributed by atoms with E-state index in [1.807, 2.05) is 4.90 Å². The molecule has 1 heterocycles. The summed E-state index contributed by atoms with van der Waals surface area (Å²) in [5, 5.41) is 8.71. The first kappa shape index (κ1) is 16.0. The molecule has 0 aromatic heterocycles. The van der Waals surface area contributed by atoms with Gasteiger partial charge in [-0.2, -0.15) is 0 Å². The standard InChI is InChI=1S/C15H27NO3/c1-2-3-4-5-8-14(17)16-11-6-7-13(12-16)9-10-15(18)19/h13H,2-12H2,1H3,(H,18,19). The van der Waals surface area contributed by atoms with Crippen molar-refractivity contribution < 1.29 is 14.7 Å². The van der Waals surface area contributed by atoms with E-state index >= 15 is 0 Å². The maximum Gasteiger partial charge on any atom is 0.303 e. The maximum absolute atomic E-state index is 12.1. The van der Waals surface area contributed by atoms with E-state index in [9.17, 15) is 9.59 Å². The Labute approximate surface area is 116 Å². The first-order chi connectivity index (χ1) is 9.13. The number of piperidine rings is 1. The van der Waals surface area contributed by atoms with Crippen molar-refractivity contribution in [2.75, 3.05) is 13.1 Å². The molecule has 1 atom stereocenters. The van der Waals surface area contributed by atoms with Crippen LogP contribution in [0.2, 0.25) is 0 Å². The van der Waals surface area contributed by atoms with Gasteiger partial charge in [-0.15, -0.1) is 0 Å². The van der Waals surface area contributed by atoms with Crippen molar-refractivity contribution in [3.63, 3.8) is 0 Å². The van der Waals surface area contributed by atoms with E-state index in [2.05, 4.69) is 6.92 Å². The summed E-state index contributed by atoms with van der Waals surface area (Å²) in [6.45, 7) is 3.79. The van der Waals surface area contributed by atoms with E-state index in [0.29, 0.717) is 18.8 Å². The third kappa shape index (κ3) is 6.60. The molecule has 1 saturated heterocycles. The number of unbranched alkanes of at least 4 members (excludes halogenated alkanes) is 3. The Hall–Kier alpha value is -1.06. The fourth-order valence-electron chi connectivity index (χ4n) is 2.72. The summed E-state index contributed by atoms with van der Waals surface area (Å²) in [4.78, 5) is 24.6. The van der Waals surface area contributed by atoms with Crippen LogP contribution in [0.25, 0.3) is 0 Å². The van der Waals surface area contributed by atoms with Gasteiger partial charge in [0, 0.05) is 25.9 Å². The summed E-state index contributed by atoms with van der Waals surface area (Å²) in [5.74, 6) is -0.0939. The summed E-state index contributed by atoms with van der Waals surface area (Å²) < 4.78 is 0. The van der Waals surface area contributed by atoms with Gasteiger partial charge in [0.05, 0.1) is 0 Å². The average Bonchev–Trinajstić information content (AvgIpc) is 2.41. The first-order valence-electron chi connectivity index (χ1n) is 7.63. The number of amides is 1. The number of rotatable bonds is 8. The molecule has 1 aliphatic heterocycles. The van der Waals surface area contributed by atoms with E-state index in [1.54, 1.807) is 0 Å². The lowest BCUT2D eigenvalue weighted by Gasteiger charge is -2.32. The van der Waals surface area contributed by atoms with E-state index in [0.717, 1.165) is 38.8 Å². The maximum atomic E-state index is 12.1. The van der Waals surface area contributed by atoms with Gasteiger partial charge in [-0.1, -0.05) is 26.2 Å². The van der Waals surface area contributed by atoms with Crippen molar-refractivity contribution in [2.24, 2.45) is 5.92 Å². The molecule has 1 N–H and O–H groups in total. The van der Waals surface area contributed by atoms with Crippen molar-refractivity contribution in [1.29, 1.82) is 0 Å². The molecular formula is C15H27NO3. The minimum absolute atomic E-state index is 0.225. The van der Waals surface area contributed by atoms with Crippen molar-refractivity contribution >= 4 is 11.9 Å². The van der Waals surface area contributed by atoms with Crippen molar-refractivity contribution in [3.8, 4) is 0 Å². The van der Waals surface area contributed by atoms with Gasteiger partial charge in [0.25, 0.3) is 0 Å². The molecule has 4 nitrogen and oxygen atoms in total. The van der Waals surface area contributed by atoms with Crippen molar-refractivity contribution in [3.05, 3.63) is 0 Å². The lowest BCUT2D eigenvalue weighted by molar-refractivity contribution is -0.137. The highest BCUT2D eigenvalue weighted by Gasteiger charge is 2.23. The number of carboxylic acid groups (broad SMARTS) is 1. The van der Waals surface area contributed by atoms with Gasteiger partial charge < -0.3 is 10.0 Å². The van der Waals surface area contributed by atoms with Gasteiger partial charge in [0.1, 0.15) is 0 Å². The summed E-state index contributed by atoms with van der Waals surface area (Å²) in [6.07, 6.45) is 8.19. The summed E-state index contributed by atoms with van der Waals surface area (Å²) in [5.41, 5.74) is 0. The smallest absolute Gasteiger partial charge is 0.303 e. The Kier molecular flexibility index (Phi) is 7.53. The Morgan fingerprint density at radius 1 is 1.21 bits per heavy atom. The van der Waals surface area contributed by atoms with Crippen LogP contribution >= 0.6 is 0 Å². The molecule has 110 valence electrons. The number of carboxylic acids is 1. The number of carbonyl (C=O) groups excluding carboxylic acids is 1. The largest absolute Gasteiger partial charge is 0.481 e. The van der Waals surface area contributed by atoms with Crippen molar-refractivity contribution in [1.82, 2.24) is 4.90 Å². The zero-order chi connectivity index (χ0) is 14.1. The van der Waals surface area contributed by atoms with Crippen LogP contribution in [0.5, 0.6) is 0 Å². The second kappa shape index (κ2) is 8.94. The lowest BCUT2D eigenvalue weighted by atomic mass is 9.93. The highest BCUT2D eigenvalue weighted by atomic mass is 16.4. The molecule has 1 unspecified atom stereocenters. The van der Waals surface area contributed by atoms with Crippen LogP contribution in [0, 0.1) is 5.92 Å². The van der Waals surface area contributed by atoms with E-state index < -0.39 is 5.97 Å². The lowest BCUT2D eigenvalue weighted by Crippen LogP contribution is -2.39. The summed E-state index contributed by atoms with van der Waals surface area (Å²) >= 11 is 0. The summed E-state index contributed by atoms with van der Waals surface area (Å²) in [7, 11) is 0. The van der Waals surface area contributed by atoms with E-state index in [4.69, 9.17) is 5.11 Å². The predicted molar refractivity (Wildman–Crippen MR) is 74.9 cm³/mol. The highest BCUT2D eigenvalue weighted by molar-refractivity contribution is 5.76. The van der Waals surface area contributed by atoms with E-state index in [1.165, 1.54) is 12.8 Å². The molecule has 0 spiro atoms. The second-order valence-electron chi connectivity index (χ2n) is 5.59. The van der Waals surface area contributed by atoms with E-state index in [-0.39, 0.29) is 12.3 Å². The molecular weight excluding hydrogens is 242 g/mol. The number of nitrogens with zero attached hydrogens (tertiary/aromatic N) is 1. The number of hydrogen-bond acceptors (Lipinski definition) is 2. The normalized spacial score (nSPS) is 19.4.